The molecule has 101 heavy (non-hydrogen) atoms. The average Bonchev–Trinajstić information content (AvgIpc) is 1.24. The van der Waals surface area contributed by atoms with Crippen molar-refractivity contribution in [1.82, 2.24) is 0 Å². The van der Waals surface area contributed by atoms with Crippen LogP contribution in [0, 0.1) is 5.92 Å². The van der Waals surface area contributed by atoms with Gasteiger partial charge in [0.1, 0.15) is 19.3 Å². The molecule has 0 heterocycles. The van der Waals surface area contributed by atoms with Gasteiger partial charge in [0.15, 0.2) is 12.2 Å². The second-order valence-electron chi connectivity index (χ2n) is 29.8. The van der Waals surface area contributed by atoms with E-state index < -0.39 is 97.5 Å². The van der Waals surface area contributed by atoms with Gasteiger partial charge in [-0.3, -0.25) is 37.3 Å². The van der Waals surface area contributed by atoms with Crippen LogP contribution in [0.4, 0.5) is 0 Å². The normalized spacial score (nSPS) is 14.1. The molecule has 600 valence electrons. The average molecular weight is 1480 g/mol. The van der Waals surface area contributed by atoms with E-state index in [0.717, 1.165) is 95.8 Å². The van der Waals surface area contributed by atoms with Crippen molar-refractivity contribution in [2.24, 2.45) is 5.92 Å². The number of carbonyl (C=O) groups is 4. The number of aliphatic hydroxyl groups excluding tert-OH is 1. The Morgan fingerprint density at radius 1 is 0.277 bits per heavy atom. The first kappa shape index (κ1) is 99.1. The van der Waals surface area contributed by atoms with E-state index in [1.54, 1.807) is 0 Å². The van der Waals surface area contributed by atoms with Gasteiger partial charge in [-0.25, -0.2) is 9.13 Å². The lowest BCUT2D eigenvalue weighted by Crippen LogP contribution is -2.30. The number of aliphatic hydroxyl groups is 1. The molecule has 6 atom stereocenters. The SMILES string of the molecule is CCCCCCCCCCCCCCCCCCCCCCCCC(=O)O[C@H](COC(=O)CCCCCCCCCCCCCCCCCCCCC)COP(=O)(O)OC[C@@H](O)COP(=O)(O)OC[C@@H](COC(=O)CCCCCCCCCCCC)OC(=O)CCCCCCCCC(C)CC. The summed E-state index contributed by atoms with van der Waals surface area (Å²) in [7, 11) is -9.92. The van der Waals surface area contributed by atoms with Crippen molar-refractivity contribution in [2.45, 2.75) is 457 Å². The summed E-state index contributed by atoms with van der Waals surface area (Å²) in [5, 5.41) is 10.6. The molecule has 0 fully saturated rings. The minimum atomic E-state index is -4.96. The van der Waals surface area contributed by atoms with Gasteiger partial charge in [0.25, 0.3) is 0 Å². The third-order valence-corrected chi connectivity index (χ3v) is 21.5. The van der Waals surface area contributed by atoms with Crippen LogP contribution in [-0.2, 0) is 65.4 Å². The van der Waals surface area contributed by atoms with Crippen molar-refractivity contribution in [2.75, 3.05) is 39.6 Å². The smallest absolute Gasteiger partial charge is 0.462 e. The van der Waals surface area contributed by atoms with E-state index in [1.165, 1.54) is 263 Å². The Bertz CT molecular complexity index is 1930. The van der Waals surface area contributed by atoms with E-state index in [9.17, 15) is 43.2 Å². The number of unbranched alkanes of at least 4 members (excludes halogenated alkanes) is 53. The minimum absolute atomic E-state index is 0.104. The highest BCUT2D eigenvalue weighted by atomic mass is 31.2. The van der Waals surface area contributed by atoms with Crippen molar-refractivity contribution in [3.05, 3.63) is 0 Å². The van der Waals surface area contributed by atoms with Crippen LogP contribution < -0.4 is 0 Å². The van der Waals surface area contributed by atoms with Gasteiger partial charge in [0.2, 0.25) is 0 Å². The molecule has 3 N–H and O–H groups in total. The van der Waals surface area contributed by atoms with Crippen LogP contribution in [0.3, 0.4) is 0 Å². The fraction of sp³-hybridized carbons (Fsp3) is 0.951. The molecule has 3 unspecified atom stereocenters. The molecule has 0 bridgehead atoms. The van der Waals surface area contributed by atoms with E-state index in [0.29, 0.717) is 25.7 Å². The van der Waals surface area contributed by atoms with Crippen molar-refractivity contribution < 1.29 is 80.2 Å². The van der Waals surface area contributed by atoms with Gasteiger partial charge >= 0.3 is 39.5 Å². The maximum absolute atomic E-state index is 13.1. The lowest BCUT2D eigenvalue weighted by Gasteiger charge is -2.21. The summed E-state index contributed by atoms with van der Waals surface area (Å²) in [5.41, 5.74) is 0. The predicted molar refractivity (Wildman–Crippen MR) is 414 cm³/mol. The van der Waals surface area contributed by atoms with Crippen LogP contribution in [0.15, 0.2) is 0 Å². The highest BCUT2D eigenvalue weighted by Gasteiger charge is 2.30. The van der Waals surface area contributed by atoms with Crippen LogP contribution in [0.1, 0.15) is 439 Å². The van der Waals surface area contributed by atoms with Crippen molar-refractivity contribution in [1.29, 1.82) is 0 Å². The van der Waals surface area contributed by atoms with Crippen LogP contribution >= 0.6 is 15.6 Å². The number of phosphoric ester groups is 2. The number of esters is 4. The zero-order valence-electron chi connectivity index (χ0n) is 66.1. The van der Waals surface area contributed by atoms with Gasteiger partial charge in [-0.05, 0) is 31.6 Å². The molecule has 0 aromatic heterocycles. The first-order valence-electron chi connectivity index (χ1n) is 42.7. The van der Waals surface area contributed by atoms with Crippen molar-refractivity contribution in [3.8, 4) is 0 Å². The Labute approximate surface area is 619 Å². The maximum Gasteiger partial charge on any atom is 0.472 e. The lowest BCUT2D eigenvalue weighted by atomic mass is 10.00. The van der Waals surface area contributed by atoms with E-state index in [4.69, 9.17) is 37.0 Å². The summed E-state index contributed by atoms with van der Waals surface area (Å²) >= 11 is 0. The minimum Gasteiger partial charge on any atom is -0.462 e. The summed E-state index contributed by atoms with van der Waals surface area (Å²) in [4.78, 5) is 72.9. The van der Waals surface area contributed by atoms with Gasteiger partial charge in [0, 0.05) is 25.7 Å². The third kappa shape index (κ3) is 74.7. The first-order valence-corrected chi connectivity index (χ1v) is 45.7. The fourth-order valence-corrected chi connectivity index (χ4v) is 14.3. The Morgan fingerprint density at radius 3 is 0.703 bits per heavy atom. The molecule has 0 saturated carbocycles. The molecule has 0 rings (SSSR count). The van der Waals surface area contributed by atoms with Gasteiger partial charge in [-0.2, -0.15) is 0 Å². The second-order valence-corrected chi connectivity index (χ2v) is 32.7. The molecule has 0 spiro atoms. The predicted octanol–water partition coefficient (Wildman–Crippen LogP) is 24.8. The van der Waals surface area contributed by atoms with Crippen LogP contribution in [-0.4, -0.2) is 96.7 Å². The first-order chi connectivity index (χ1) is 49.1. The molecular weight excluding hydrogens is 1320 g/mol. The van der Waals surface area contributed by atoms with Crippen LogP contribution in [0.2, 0.25) is 0 Å². The number of hydrogen-bond acceptors (Lipinski definition) is 15. The van der Waals surface area contributed by atoms with Gasteiger partial charge in [0.05, 0.1) is 26.4 Å². The zero-order chi connectivity index (χ0) is 74.1. The molecule has 0 saturated heterocycles. The molecule has 0 aromatic rings. The maximum atomic E-state index is 13.1. The summed E-state index contributed by atoms with van der Waals surface area (Å²) < 4.78 is 68.7. The number of hydrogen-bond donors (Lipinski definition) is 3. The summed E-state index contributed by atoms with van der Waals surface area (Å²) in [6.07, 6.45) is 66.9. The van der Waals surface area contributed by atoms with E-state index >= 15 is 0 Å². The Hall–Kier alpha value is -1.94. The summed E-state index contributed by atoms with van der Waals surface area (Å²) in [5.74, 6) is -1.39. The third-order valence-electron chi connectivity index (χ3n) is 19.6. The number of ether oxygens (including phenoxy) is 4. The highest BCUT2D eigenvalue weighted by molar-refractivity contribution is 7.47. The molecule has 17 nitrogen and oxygen atoms in total. The summed E-state index contributed by atoms with van der Waals surface area (Å²) in [6.45, 7) is 7.27. The van der Waals surface area contributed by atoms with Crippen molar-refractivity contribution >= 4 is 39.5 Å². The molecule has 0 aliphatic heterocycles. The number of rotatable bonds is 82. The van der Waals surface area contributed by atoms with E-state index in [1.807, 2.05) is 0 Å². The number of carbonyl (C=O) groups excluding carboxylic acids is 4. The van der Waals surface area contributed by atoms with Crippen molar-refractivity contribution in [3.63, 3.8) is 0 Å². The molecule has 0 radical (unpaired) electrons. The molecular formula is C82H160O17P2. The van der Waals surface area contributed by atoms with E-state index in [2.05, 4.69) is 34.6 Å². The lowest BCUT2D eigenvalue weighted by molar-refractivity contribution is -0.161. The Kier molecular flexibility index (Phi) is 73.5. The Balaban J connectivity index is 5.18. The van der Waals surface area contributed by atoms with Crippen LogP contribution in [0.5, 0.6) is 0 Å². The standard InChI is InChI=1S/C82H160O17P2/c1-6-10-13-16-19-22-25-27-29-31-33-34-35-37-39-41-43-45-48-51-57-62-67-81(86)98-77(71-92-80(85)66-61-56-50-47-44-42-40-38-36-32-30-28-26-23-20-17-14-11-7-2)73-96-100(88,89)94-69-76(83)70-95-101(90,91)97-74-78(99-82(87)68-63-58-53-52-54-59-64-75(5)9-4)72-93-79(84)65-60-55-49-46-24-21-18-15-12-8-3/h75-78,83H,6-74H2,1-5H3,(H,88,89)(H,90,91)/t75?,76-,77-,78-/m1/s1. The fourth-order valence-electron chi connectivity index (χ4n) is 12.7. The Morgan fingerprint density at radius 2 is 0.475 bits per heavy atom. The molecule has 0 amide bonds. The van der Waals surface area contributed by atoms with Gasteiger partial charge in [-0.1, -0.05) is 388 Å². The topological polar surface area (TPSA) is 237 Å². The van der Waals surface area contributed by atoms with Gasteiger partial charge in [-0.15, -0.1) is 0 Å². The second kappa shape index (κ2) is 74.9. The molecule has 19 heteroatoms. The van der Waals surface area contributed by atoms with Crippen LogP contribution in [0.25, 0.3) is 0 Å². The largest absolute Gasteiger partial charge is 0.472 e. The monoisotopic (exact) mass is 1480 g/mol. The highest BCUT2D eigenvalue weighted by Crippen LogP contribution is 2.45. The zero-order valence-corrected chi connectivity index (χ0v) is 67.8. The molecule has 0 aliphatic rings. The molecule has 0 aliphatic carbocycles. The quantitative estimate of drug-likeness (QED) is 0.0222. The summed E-state index contributed by atoms with van der Waals surface area (Å²) in [6, 6.07) is 0. The molecule has 0 aromatic carbocycles. The van der Waals surface area contributed by atoms with Gasteiger partial charge < -0.3 is 33.8 Å². The number of phosphoric acid groups is 2. The van der Waals surface area contributed by atoms with E-state index in [-0.39, 0.29) is 25.7 Å².